The van der Waals surface area contributed by atoms with Crippen LogP contribution in [0.15, 0.2) is 12.3 Å². The van der Waals surface area contributed by atoms with Gasteiger partial charge >= 0.3 is 0 Å². The van der Waals surface area contributed by atoms with E-state index >= 15 is 0 Å². The first-order valence-corrected chi connectivity index (χ1v) is 7.76. The number of nitrogens with zero attached hydrogens (tertiary/aromatic N) is 1. The lowest BCUT2D eigenvalue weighted by atomic mass is 10.2. The monoisotopic (exact) mass is 302 g/mol. The van der Waals surface area contributed by atoms with E-state index in [0.29, 0.717) is 5.25 Å². The molecule has 0 aliphatic heterocycles. The summed E-state index contributed by atoms with van der Waals surface area (Å²) in [6, 6.07) is 1.27. The minimum Gasteiger partial charge on any atom is -0.349 e. The van der Waals surface area contributed by atoms with E-state index in [0.717, 1.165) is 37.3 Å². The molecule has 104 valence electrons. The molecule has 1 N–H and O–H groups in total. The molecule has 2 rings (SSSR count). The summed E-state index contributed by atoms with van der Waals surface area (Å²) in [6.07, 6.45) is 4.04. The average molecular weight is 303 g/mol. The number of thioether (sulfide) groups is 1. The molecule has 2 atom stereocenters. The van der Waals surface area contributed by atoms with Crippen LogP contribution in [0.5, 0.6) is 0 Å². The van der Waals surface area contributed by atoms with Crippen LogP contribution in [0.4, 0.5) is 4.39 Å². The van der Waals surface area contributed by atoms with Gasteiger partial charge in [0.15, 0.2) is 0 Å². The molecule has 1 aromatic rings. The van der Waals surface area contributed by atoms with Crippen molar-refractivity contribution in [3.8, 4) is 0 Å². The number of carbonyl (C=O) groups is 1. The van der Waals surface area contributed by atoms with Crippen molar-refractivity contribution in [3.63, 3.8) is 0 Å². The van der Waals surface area contributed by atoms with E-state index in [2.05, 4.69) is 17.2 Å². The van der Waals surface area contributed by atoms with Crippen LogP contribution >= 0.6 is 23.4 Å². The Morgan fingerprint density at radius 2 is 2.42 bits per heavy atom. The van der Waals surface area contributed by atoms with Crippen LogP contribution in [0.2, 0.25) is 5.15 Å². The summed E-state index contributed by atoms with van der Waals surface area (Å²) >= 11 is 7.73. The Morgan fingerprint density at radius 1 is 1.63 bits per heavy atom. The van der Waals surface area contributed by atoms with Gasteiger partial charge < -0.3 is 5.32 Å². The molecule has 0 aromatic carbocycles. The molecule has 0 radical (unpaired) electrons. The lowest BCUT2D eigenvalue weighted by Crippen LogP contribution is -2.33. The Morgan fingerprint density at radius 3 is 3.16 bits per heavy atom. The lowest BCUT2D eigenvalue weighted by molar-refractivity contribution is 0.0937. The van der Waals surface area contributed by atoms with Crippen molar-refractivity contribution in [1.82, 2.24) is 10.3 Å². The van der Waals surface area contributed by atoms with Gasteiger partial charge in [-0.1, -0.05) is 18.5 Å². The fourth-order valence-corrected chi connectivity index (χ4v) is 3.63. The molecule has 1 fully saturated rings. The van der Waals surface area contributed by atoms with Crippen LogP contribution in [0.3, 0.4) is 0 Å². The Hall–Kier alpha value is -0.810. The third kappa shape index (κ3) is 3.83. The number of halogens is 2. The first kappa shape index (κ1) is 14.6. The summed E-state index contributed by atoms with van der Waals surface area (Å²) in [5.74, 6) is 0.190. The van der Waals surface area contributed by atoms with Crippen LogP contribution in [0.1, 0.15) is 36.5 Å². The van der Waals surface area contributed by atoms with E-state index in [4.69, 9.17) is 11.6 Å². The van der Waals surface area contributed by atoms with E-state index in [9.17, 15) is 9.18 Å². The molecule has 3 nitrogen and oxygen atoms in total. The zero-order valence-corrected chi connectivity index (χ0v) is 12.2. The predicted molar refractivity (Wildman–Crippen MR) is 76.2 cm³/mol. The number of carbonyl (C=O) groups excluding carboxylic acids is 1. The van der Waals surface area contributed by atoms with Crippen molar-refractivity contribution in [2.75, 3.05) is 5.75 Å². The number of hydrogen-bond acceptors (Lipinski definition) is 3. The van der Waals surface area contributed by atoms with Crippen molar-refractivity contribution < 1.29 is 9.18 Å². The van der Waals surface area contributed by atoms with E-state index in [1.807, 2.05) is 11.8 Å². The Kier molecular flexibility index (Phi) is 5.05. The maximum absolute atomic E-state index is 13.1. The van der Waals surface area contributed by atoms with Crippen molar-refractivity contribution in [2.24, 2.45) is 0 Å². The van der Waals surface area contributed by atoms with Crippen LogP contribution < -0.4 is 5.32 Å². The highest BCUT2D eigenvalue weighted by molar-refractivity contribution is 7.99. The molecule has 0 spiro atoms. The van der Waals surface area contributed by atoms with Gasteiger partial charge in [-0.3, -0.25) is 4.79 Å². The number of hydrogen-bond donors (Lipinski definition) is 1. The molecule has 0 bridgehead atoms. The maximum atomic E-state index is 13.1. The second-order valence-corrected chi connectivity index (χ2v) is 6.49. The molecule has 6 heteroatoms. The van der Waals surface area contributed by atoms with Gasteiger partial charge in [0.25, 0.3) is 5.91 Å². The van der Waals surface area contributed by atoms with Gasteiger partial charge in [-0.2, -0.15) is 11.8 Å². The quantitative estimate of drug-likeness (QED) is 0.868. The standard InChI is InChI=1S/C13H16ClFN2OS/c1-2-19-10-4-3-9(6-10)17-13(18)11-5-8(15)7-16-12(11)14/h5,7,9-10H,2-4,6H2,1H3,(H,17,18). The Balaban J connectivity index is 1.96. The van der Waals surface area contributed by atoms with Gasteiger partial charge in [-0.25, -0.2) is 9.37 Å². The zero-order valence-electron chi connectivity index (χ0n) is 10.7. The van der Waals surface area contributed by atoms with Crippen molar-refractivity contribution in [1.29, 1.82) is 0 Å². The highest BCUT2D eigenvalue weighted by atomic mass is 35.5. The number of nitrogens with one attached hydrogen (secondary N) is 1. The average Bonchev–Trinajstić information content (AvgIpc) is 2.80. The second kappa shape index (κ2) is 6.57. The topological polar surface area (TPSA) is 42.0 Å². The molecule has 1 heterocycles. The first-order chi connectivity index (χ1) is 9.10. The Bertz CT molecular complexity index is 472. The summed E-state index contributed by atoms with van der Waals surface area (Å²) in [6.45, 7) is 2.13. The third-order valence-corrected chi connectivity index (χ3v) is 4.71. The normalized spacial score (nSPS) is 22.5. The molecule has 19 heavy (non-hydrogen) atoms. The number of pyridine rings is 1. The van der Waals surface area contributed by atoms with Gasteiger partial charge in [0.1, 0.15) is 11.0 Å². The first-order valence-electron chi connectivity index (χ1n) is 6.33. The molecular formula is C13H16ClFN2OS. The highest BCUT2D eigenvalue weighted by Crippen LogP contribution is 2.30. The fraction of sp³-hybridized carbons (Fsp3) is 0.538. The largest absolute Gasteiger partial charge is 0.349 e. The van der Waals surface area contributed by atoms with Gasteiger partial charge in [0.05, 0.1) is 11.8 Å². The Labute approximate surface area is 121 Å². The molecule has 2 unspecified atom stereocenters. The minimum absolute atomic E-state index is 0.0383. The smallest absolute Gasteiger partial charge is 0.254 e. The molecule has 1 saturated carbocycles. The summed E-state index contributed by atoms with van der Waals surface area (Å²) in [5, 5.41) is 3.55. The molecule has 1 aromatic heterocycles. The van der Waals surface area contributed by atoms with Crippen LogP contribution in [0.25, 0.3) is 0 Å². The molecule has 0 saturated heterocycles. The predicted octanol–water partition coefficient (Wildman–Crippen LogP) is 3.28. The zero-order chi connectivity index (χ0) is 13.8. The highest BCUT2D eigenvalue weighted by Gasteiger charge is 2.26. The maximum Gasteiger partial charge on any atom is 0.254 e. The van der Waals surface area contributed by atoms with E-state index in [1.54, 1.807) is 0 Å². The summed E-state index contributed by atoms with van der Waals surface area (Å²) in [7, 11) is 0. The summed E-state index contributed by atoms with van der Waals surface area (Å²) in [5.41, 5.74) is 0.105. The summed E-state index contributed by atoms with van der Waals surface area (Å²) in [4.78, 5) is 15.7. The van der Waals surface area contributed by atoms with Crippen molar-refractivity contribution >= 4 is 29.3 Å². The van der Waals surface area contributed by atoms with Gasteiger partial charge in [-0.05, 0) is 31.1 Å². The lowest BCUT2D eigenvalue weighted by Gasteiger charge is -2.13. The van der Waals surface area contributed by atoms with E-state index in [1.165, 1.54) is 0 Å². The van der Waals surface area contributed by atoms with Gasteiger partial charge in [0.2, 0.25) is 0 Å². The fourth-order valence-electron chi connectivity index (χ4n) is 2.30. The molecule has 1 aliphatic rings. The summed E-state index contributed by atoms with van der Waals surface area (Å²) < 4.78 is 13.1. The van der Waals surface area contributed by atoms with Crippen molar-refractivity contribution in [2.45, 2.75) is 37.5 Å². The van der Waals surface area contributed by atoms with Gasteiger partial charge in [-0.15, -0.1) is 0 Å². The van der Waals surface area contributed by atoms with Gasteiger partial charge in [0, 0.05) is 11.3 Å². The van der Waals surface area contributed by atoms with Crippen LogP contribution in [-0.4, -0.2) is 27.9 Å². The van der Waals surface area contributed by atoms with Crippen LogP contribution in [0, 0.1) is 5.82 Å². The third-order valence-electron chi connectivity index (χ3n) is 3.17. The van der Waals surface area contributed by atoms with E-state index in [-0.39, 0.29) is 22.7 Å². The van der Waals surface area contributed by atoms with Crippen LogP contribution in [-0.2, 0) is 0 Å². The second-order valence-electron chi connectivity index (χ2n) is 4.55. The molecular weight excluding hydrogens is 287 g/mol. The number of amides is 1. The number of rotatable bonds is 4. The number of aromatic nitrogens is 1. The van der Waals surface area contributed by atoms with Crippen molar-refractivity contribution in [3.05, 3.63) is 28.8 Å². The minimum atomic E-state index is -0.555. The SMILES string of the molecule is CCSC1CCC(NC(=O)c2cc(F)cnc2Cl)C1. The van der Waals surface area contributed by atoms with E-state index < -0.39 is 5.82 Å². The molecule has 1 aliphatic carbocycles. The molecule has 1 amide bonds.